The second-order valence-corrected chi connectivity index (χ2v) is 10.2. The molecule has 0 aliphatic carbocycles. The van der Waals surface area contributed by atoms with E-state index in [0.29, 0.717) is 21.9 Å². The number of nitriles is 1. The number of aromatic nitrogens is 3. The molecule has 9 aromatic rings. The lowest BCUT2D eigenvalue weighted by Gasteiger charge is -2.14. The van der Waals surface area contributed by atoms with Crippen molar-refractivity contribution in [3.63, 3.8) is 0 Å². The predicted octanol–water partition coefficient (Wildman–Crippen LogP) is 10.6. The van der Waals surface area contributed by atoms with E-state index in [1.54, 1.807) is 48.5 Å². The number of para-hydroxylation sites is 1. The van der Waals surface area contributed by atoms with Gasteiger partial charge < -0.3 is 4.42 Å². The van der Waals surface area contributed by atoms with Crippen LogP contribution in [0.4, 0.5) is 0 Å². The van der Waals surface area contributed by atoms with Crippen LogP contribution in [0.5, 0.6) is 0 Å². The number of hydrogen-bond donors (Lipinski definition) is 0. The summed E-state index contributed by atoms with van der Waals surface area (Å²) in [6.07, 6.45) is 0. The minimum Gasteiger partial charge on any atom is -0.456 e. The number of rotatable bonds is 4. The zero-order valence-electron chi connectivity index (χ0n) is 40.7. The first kappa shape index (κ1) is 14.6. The summed E-state index contributed by atoms with van der Waals surface area (Å²) in [6.45, 7) is 0. The highest BCUT2D eigenvalue weighted by molar-refractivity contribution is 6.12. The van der Waals surface area contributed by atoms with Crippen LogP contribution < -0.4 is 0 Å². The fourth-order valence-corrected chi connectivity index (χ4v) is 5.58. The Morgan fingerprint density at radius 2 is 1.17 bits per heavy atom. The van der Waals surface area contributed by atoms with E-state index >= 15 is 0 Å². The minimum absolute atomic E-state index is 0.201. The molecule has 0 bridgehead atoms. The van der Waals surface area contributed by atoms with Crippen molar-refractivity contribution >= 4 is 43.5 Å². The van der Waals surface area contributed by atoms with Crippen LogP contribution in [0, 0.1) is 11.3 Å². The lowest BCUT2D eigenvalue weighted by atomic mass is 9.90. The Morgan fingerprint density at radius 3 is 2.00 bits per heavy atom. The molecular weight excluding hydrogens is 576 g/mol. The van der Waals surface area contributed by atoms with E-state index in [0.717, 1.165) is 0 Å². The summed E-state index contributed by atoms with van der Waals surface area (Å²) in [5.74, 6) is -1.26. The van der Waals surface area contributed by atoms with Crippen molar-refractivity contribution in [3.8, 4) is 51.4 Å². The predicted molar refractivity (Wildman–Crippen MR) is 189 cm³/mol. The number of benzene rings is 7. The maximum Gasteiger partial charge on any atom is 0.164 e. The molecule has 9 rings (SSSR count). The Labute approximate surface area is 293 Å². The SMILES string of the molecule is [2H]c1c([2H])c([2H])c(-c2nc(-c3c([2H])c([2H])c([2H])c4c(-c5c([2H])c([2H])c([2H])c6c([2H])c([2H])c([2H])c(C#N)c56)c([2H])c([2H])c([2H])c34)nc(-c3cccc4oc5ccccc5c34)n2)c([2H])c1[2H]. The molecule has 0 saturated heterocycles. The first-order valence-electron chi connectivity index (χ1n) is 22.5. The summed E-state index contributed by atoms with van der Waals surface area (Å²) in [7, 11) is 0. The van der Waals surface area contributed by atoms with Gasteiger partial charge in [-0.2, -0.15) is 5.26 Å². The summed E-state index contributed by atoms with van der Waals surface area (Å²) < 4.78 is 156. The van der Waals surface area contributed by atoms with E-state index in [4.69, 9.17) is 27.2 Å². The van der Waals surface area contributed by atoms with Gasteiger partial charge in [-0.1, -0.05) is 127 Å². The molecule has 0 saturated carbocycles. The standard InChI is InChI=1S/C42H24N4O/c43-25-28-15-6-13-26-14-7-20-32(38(26)28)30-18-8-19-31-29(30)17-9-21-33(31)41-44-40(27-11-2-1-3-12-27)45-42(46-41)35-22-10-24-37-39(35)34-16-4-5-23-36(34)47-37/h1-24H/i1D,2D,3D,6D,7D,8D,9D,11D,12D,13D,14D,15D,17D,18D,19D,20D,21D. The van der Waals surface area contributed by atoms with Gasteiger partial charge in [0.1, 0.15) is 11.2 Å². The maximum atomic E-state index is 10.3. The zero-order chi connectivity index (χ0) is 46.1. The van der Waals surface area contributed by atoms with Crippen LogP contribution in [0.15, 0.2) is 150 Å². The van der Waals surface area contributed by atoms with Crippen molar-refractivity contribution in [2.24, 2.45) is 0 Å². The molecule has 0 N–H and O–H groups in total. The van der Waals surface area contributed by atoms with Crippen LogP contribution in [-0.2, 0) is 0 Å². The highest BCUT2D eigenvalue weighted by atomic mass is 16.3. The third-order valence-corrected chi connectivity index (χ3v) is 7.59. The van der Waals surface area contributed by atoms with Crippen LogP contribution in [-0.4, -0.2) is 15.0 Å². The van der Waals surface area contributed by atoms with Crippen LogP contribution in [0.2, 0.25) is 0 Å². The van der Waals surface area contributed by atoms with E-state index < -0.39 is 164 Å². The fourth-order valence-electron chi connectivity index (χ4n) is 5.58. The molecule has 5 heteroatoms. The second kappa shape index (κ2) is 10.8. The molecule has 0 unspecified atom stereocenters. The Morgan fingerprint density at radius 1 is 0.511 bits per heavy atom. The minimum atomic E-state index is -0.878. The van der Waals surface area contributed by atoms with Gasteiger partial charge >= 0.3 is 0 Å². The third kappa shape index (κ3) is 4.35. The smallest absolute Gasteiger partial charge is 0.164 e. The molecule has 7 aromatic carbocycles. The van der Waals surface area contributed by atoms with E-state index in [1.165, 1.54) is 0 Å². The Hall–Kier alpha value is -6.64. The van der Waals surface area contributed by atoms with Gasteiger partial charge in [-0.25, -0.2) is 15.0 Å². The maximum absolute atomic E-state index is 10.3. The van der Waals surface area contributed by atoms with Gasteiger partial charge in [-0.15, -0.1) is 0 Å². The van der Waals surface area contributed by atoms with Crippen molar-refractivity contribution in [2.75, 3.05) is 0 Å². The molecule has 5 nitrogen and oxygen atoms in total. The molecule has 2 heterocycles. The molecule has 218 valence electrons. The summed E-state index contributed by atoms with van der Waals surface area (Å²) in [5.41, 5.74) is -1.66. The molecule has 0 fully saturated rings. The average Bonchev–Trinajstić information content (AvgIpc) is 3.67. The number of fused-ring (bicyclic) bond motifs is 5. The monoisotopic (exact) mass is 617 g/mol. The van der Waals surface area contributed by atoms with Crippen LogP contribution in [0.1, 0.15) is 28.9 Å². The first-order chi connectivity index (χ1) is 30.3. The second-order valence-electron chi connectivity index (χ2n) is 10.2. The van der Waals surface area contributed by atoms with E-state index in [1.807, 2.05) is 0 Å². The topological polar surface area (TPSA) is 75.6 Å². The number of hydrogen-bond acceptors (Lipinski definition) is 5. The quantitative estimate of drug-likeness (QED) is 0.196. The number of furan rings is 1. The van der Waals surface area contributed by atoms with Gasteiger partial charge in [-0.05, 0) is 45.5 Å². The average molecular weight is 618 g/mol. The van der Waals surface area contributed by atoms with Crippen molar-refractivity contribution in [3.05, 3.63) is 151 Å². The molecule has 2 aromatic heterocycles. The van der Waals surface area contributed by atoms with Crippen molar-refractivity contribution < 1.29 is 27.7 Å². The highest BCUT2D eigenvalue weighted by Crippen LogP contribution is 2.40. The lowest BCUT2D eigenvalue weighted by molar-refractivity contribution is 0.669. The van der Waals surface area contributed by atoms with Crippen molar-refractivity contribution in [1.82, 2.24) is 15.0 Å². The largest absolute Gasteiger partial charge is 0.456 e. The molecule has 0 amide bonds. The summed E-state index contributed by atoms with van der Waals surface area (Å²) in [5, 5.41) is 9.38. The van der Waals surface area contributed by atoms with Gasteiger partial charge in [-0.3, -0.25) is 0 Å². The highest BCUT2D eigenvalue weighted by Gasteiger charge is 2.19. The van der Waals surface area contributed by atoms with E-state index in [2.05, 4.69) is 9.97 Å². The molecule has 0 aliphatic heterocycles. The number of nitrogens with zero attached hydrogens (tertiary/aromatic N) is 4. The molecule has 0 atom stereocenters. The van der Waals surface area contributed by atoms with E-state index in [-0.39, 0.29) is 11.4 Å². The zero-order valence-corrected chi connectivity index (χ0v) is 23.7. The van der Waals surface area contributed by atoms with E-state index in [9.17, 15) is 10.7 Å². The van der Waals surface area contributed by atoms with Gasteiger partial charge in [0.2, 0.25) is 0 Å². The lowest BCUT2D eigenvalue weighted by Crippen LogP contribution is -2.01. The van der Waals surface area contributed by atoms with Crippen LogP contribution in [0.3, 0.4) is 0 Å². The van der Waals surface area contributed by atoms with Gasteiger partial charge in [0.25, 0.3) is 0 Å². The van der Waals surface area contributed by atoms with Crippen molar-refractivity contribution in [2.45, 2.75) is 0 Å². The van der Waals surface area contributed by atoms with Crippen LogP contribution >= 0.6 is 0 Å². The Balaban J connectivity index is 1.50. The molecular formula is C42H24N4O. The molecule has 0 radical (unpaired) electrons. The van der Waals surface area contributed by atoms with Crippen LogP contribution in [0.25, 0.3) is 88.8 Å². The fraction of sp³-hybridized carbons (Fsp3) is 0. The Kier molecular flexibility index (Phi) is 3.35. The van der Waals surface area contributed by atoms with Crippen molar-refractivity contribution in [1.29, 1.82) is 5.26 Å². The summed E-state index contributed by atoms with van der Waals surface area (Å²) in [6, 6.07) is 0.398. The summed E-state index contributed by atoms with van der Waals surface area (Å²) in [4.78, 5) is 13.8. The molecule has 0 spiro atoms. The summed E-state index contributed by atoms with van der Waals surface area (Å²) >= 11 is 0. The molecule has 47 heavy (non-hydrogen) atoms. The van der Waals surface area contributed by atoms with Gasteiger partial charge in [0, 0.05) is 32.8 Å². The Bertz CT molecular complexity index is 3640. The third-order valence-electron chi connectivity index (χ3n) is 7.59. The van der Waals surface area contributed by atoms with Gasteiger partial charge in [0.15, 0.2) is 17.5 Å². The normalized spacial score (nSPS) is 16.4. The molecule has 0 aliphatic rings. The first-order valence-corrected chi connectivity index (χ1v) is 14.0. The van der Waals surface area contributed by atoms with Gasteiger partial charge in [0.05, 0.1) is 34.9 Å².